The molecule has 1 aliphatic heterocycles. The molecule has 0 saturated carbocycles. The number of hydrogen-bond donors (Lipinski definition) is 2. The minimum absolute atomic E-state index is 0.0161. The van der Waals surface area contributed by atoms with Crippen molar-refractivity contribution in [1.82, 2.24) is 4.90 Å². The molecular formula is C31H37Cl6N5O6. The van der Waals surface area contributed by atoms with Gasteiger partial charge in [-0.15, -0.1) is 0 Å². The van der Waals surface area contributed by atoms with Gasteiger partial charge in [-0.2, -0.15) is 9.98 Å². The van der Waals surface area contributed by atoms with Crippen LogP contribution in [0.2, 0.25) is 0 Å². The average molecular weight is 788 g/mol. The number of piperidine rings is 1. The molecule has 1 aliphatic rings. The summed E-state index contributed by atoms with van der Waals surface area (Å²) in [5, 5.41) is 0. The van der Waals surface area contributed by atoms with Crippen LogP contribution in [0.5, 0.6) is 11.5 Å². The summed E-state index contributed by atoms with van der Waals surface area (Å²) in [6.45, 7) is 3.40. The summed E-state index contributed by atoms with van der Waals surface area (Å²) in [7, 11) is 0. The van der Waals surface area contributed by atoms with Gasteiger partial charge in [-0.05, 0) is 99.6 Å². The summed E-state index contributed by atoms with van der Waals surface area (Å²) >= 11 is 33.3. The van der Waals surface area contributed by atoms with Gasteiger partial charge in [0, 0.05) is 17.7 Å². The zero-order valence-corrected chi connectivity index (χ0v) is 30.4. The summed E-state index contributed by atoms with van der Waals surface area (Å²) in [5.74, 6) is 2.03. The lowest BCUT2D eigenvalue weighted by Crippen LogP contribution is -2.35. The summed E-state index contributed by atoms with van der Waals surface area (Å²) in [6.07, 6.45) is 3.37. The van der Waals surface area contributed by atoms with Crippen LogP contribution in [0.15, 0.2) is 58.5 Å². The lowest BCUT2D eigenvalue weighted by molar-refractivity contribution is 0.158. The van der Waals surface area contributed by atoms with Crippen LogP contribution in [0.4, 0.5) is 9.59 Å². The van der Waals surface area contributed by atoms with Gasteiger partial charge in [0.25, 0.3) is 0 Å². The van der Waals surface area contributed by atoms with Crippen LogP contribution < -0.4 is 20.9 Å². The summed E-state index contributed by atoms with van der Waals surface area (Å²) in [4.78, 5) is 33.2. The van der Waals surface area contributed by atoms with Crippen molar-refractivity contribution in [3.8, 4) is 11.5 Å². The molecule has 0 bridgehead atoms. The van der Waals surface area contributed by atoms with Gasteiger partial charge >= 0.3 is 12.2 Å². The number of ether oxygens (including phenoxy) is 4. The maximum atomic E-state index is 11.7. The van der Waals surface area contributed by atoms with Crippen molar-refractivity contribution in [3.63, 3.8) is 0 Å². The van der Waals surface area contributed by atoms with E-state index in [0.29, 0.717) is 41.8 Å². The van der Waals surface area contributed by atoms with E-state index in [9.17, 15) is 9.59 Å². The number of nitrogens with zero attached hydrogens (tertiary/aromatic N) is 3. The lowest BCUT2D eigenvalue weighted by atomic mass is 9.92. The topological polar surface area (TPSA) is 151 Å². The highest BCUT2D eigenvalue weighted by molar-refractivity contribution is 6.68. The molecule has 0 radical (unpaired) electrons. The second-order valence-corrected chi connectivity index (χ2v) is 15.9. The number of hydrogen-bond acceptors (Lipinski definition) is 7. The van der Waals surface area contributed by atoms with Crippen molar-refractivity contribution in [1.29, 1.82) is 0 Å². The molecule has 0 unspecified atom stereocenters. The van der Waals surface area contributed by atoms with Crippen molar-refractivity contribution in [3.05, 3.63) is 59.7 Å². The summed E-state index contributed by atoms with van der Waals surface area (Å²) < 4.78 is 17.8. The zero-order valence-electron chi connectivity index (χ0n) is 25.9. The molecule has 1 saturated heterocycles. The van der Waals surface area contributed by atoms with Gasteiger partial charge in [0.2, 0.25) is 7.59 Å². The highest BCUT2D eigenvalue weighted by atomic mass is 35.6. The van der Waals surface area contributed by atoms with Crippen LogP contribution in [0.25, 0.3) is 0 Å². The number of halogens is 6. The molecule has 1 heterocycles. The number of carbonyl (C=O) groups excluding carboxylic acids is 2. The fourth-order valence-corrected chi connectivity index (χ4v) is 4.99. The molecule has 0 aliphatic carbocycles. The third-order valence-electron chi connectivity index (χ3n) is 7.06. The molecule has 2 aromatic rings. The number of benzene rings is 2. The zero-order chi connectivity index (χ0) is 35.2. The Hall–Kier alpha value is -2.38. The van der Waals surface area contributed by atoms with E-state index in [1.54, 1.807) is 48.5 Å². The third-order valence-corrected chi connectivity index (χ3v) is 7.72. The number of nitrogens with two attached hydrogens (primary N) is 2. The minimum Gasteiger partial charge on any atom is -0.494 e. The fraction of sp³-hybridized carbons (Fsp3) is 0.484. The minimum atomic E-state index is -1.72. The molecule has 264 valence electrons. The lowest BCUT2D eigenvalue weighted by Gasteiger charge is -2.32. The SMILES string of the molecule is NC(=NC(=O)OCC(Cl)(Cl)Cl)c1ccc(OCCCC2CCN(CCCOc3ccc(C(N)=NC(=O)OCC(Cl)(Cl)Cl)cc3)CC2)cc1. The van der Waals surface area contributed by atoms with E-state index in [-0.39, 0.29) is 11.7 Å². The first kappa shape index (κ1) is 40.1. The van der Waals surface area contributed by atoms with Crippen molar-refractivity contribution in [2.45, 2.75) is 39.7 Å². The Labute approximate surface area is 309 Å². The Morgan fingerprint density at radius 1 is 0.708 bits per heavy atom. The highest BCUT2D eigenvalue weighted by Gasteiger charge is 2.23. The van der Waals surface area contributed by atoms with Gasteiger partial charge in [-0.3, -0.25) is 0 Å². The van der Waals surface area contributed by atoms with Gasteiger partial charge in [-0.25, -0.2) is 9.59 Å². The van der Waals surface area contributed by atoms with Crippen molar-refractivity contribution < 1.29 is 28.5 Å². The van der Waals surface area contributed by atoms with Crippen molar-refractivity contribution >= 4 is 93.5 Å². The van der Waals surface area contributed by atoms with Crippen LogP contribution in [0.3, 0.4) is 0 Å². The second kappa shape index (κ2) is 19.7. The molecule has 4 N–H and O–H groups in total. The van der Waals surface area contributed by atoms with E-state index in [2.05, 4.69) is 14.9 Å². The van der Waals surface area contributed by atoms with Gasteiger partial charge in [-0.1, -0.05) is 69.6 Å². The first-order valence-corrected chi connectivity index (χ1v) is 17.3. The molecule has 2 amide bonds. The number of rotatable bonds is 14. The van der Waals surface area contributed by atoms with Crippen LogP contribution in [0, 0.1) is 5.92 Å². The van der Waals surface area contributed by atoms with Crippen LogP contribution in [-0.2, 0) is 9.47 Å². The van der Waals surface area contributed by atoms with Crippen LogP contribution >= 0.6 is 69.6 Å². The highest BCUT2D eigenvalue weighted by Crippen LogP contribution is 2.27. The van der Waals surface area contributed by atoms with E-state index in [4.69, 9.17) is 100 Å². The third kappa shape index (κ3) is 16.3. The Morgan fingerprint density at radius 3 is 1.54 bits per heavy atom. The maximum absolute atomic E-state index is 11.7. The van der Waals surface area contributed by atoms with Gasteiger partial charge in [0.05, 0.1) is 13.2 Å². The van der Waals surface area contributed by atoms with E-state index in [0.717, 1.165) is 51.7 Å². The average Bonchev–Trinajstić information content (AvgIpc) is 3.03. The normalized spacial score (nSPS) is 15.2. The van der Waals surface area contributed by atoms with E-state index in [1.807, 2.05) is 0 Å². The predicted octanol–water partition coefficient (Wildman–Crippen LogP) is 7.45. The second-order valence-electron chi connectivity index (χ2n) is 10.9. The molecule has 0 spiro atoms. The van der Waals surface area contributed by atoms with Crippen molar-refractivity contribution in [2.24, 2.45) is 27.4 Å². The van der Waals surface area contributed by atoms with E-state index in [1.165, 1.54) is 0 Å². The largest absolute Gasteiger partial charge is 0.494 e. The molecule has 3 rings (SSSR count). The molecule has 17 heteroatoms. The van der Waals surface area contributed by atoms with E-state index < -0.39 is 33.0 Å². The smallest absolute Gasteiger partial charge is 0.435 e. The predicted molar refractivity (Wildman–Crippen MR) is 192 cm³/mol. The summed E-state index contributed by atoms with van der Waals surface area (Å²) in [5.41, 5.74) is 12.8. The number of aliphatic imine (C=N–C) groups is 2. The summed E-state index contributed by atoms with van der Waals surface area (Å²) in [6, 6.07) is 13.9. The molecule has 1 fully saturated rings. The van der Waals surface area contributed by atoms with Gasteiger partial charge in [0.1, 0.15) is 36.4 Å². The molecule has 2 aromatic carbocycles. The number of amides is 2. The first-order valence-electron chi connectivity index (χ1n) is 15.0. The Bertz CT molecular complexity index is 1270. The quantitative estimate of drug-likeness (QED) is 0.0861. The van der Waals surface area contributed by atoms with Crippen LogP contribution in [0.1, 0.15) is 43.2 Å². The number of carbonyl (C=O) groups is 2. The molecule has 0 atom stereocenters. The molecular weight excluding hydrogens is 751 g/mol. The Morgan fingerprint density at radius 2 is 1.12 bits per heavy atom. The molecule has 0 aromatic heterocycles. The Kier molecular flexibility index (Phi) is 16.5. The van der Waals surface area contributed by atoms with Gasteiger partial charge in [0.15, 0.2) is 0 Å². The number of amidine groups is 2. The Balaban J connectivity index is 1.26. The molecule has 48 heavy (non-hydrogen) atoms. The first-order chi connectivity index (χ1) is 22.7. The number of likely N-dealkylation sites (tertiary alicyclic amines) is 1. The fourth-order valence-electron chi connectivity index (χ4n) is 4.66. The molecule has 11 nitrogen and oxygen atoms in total. The number of alkyl halides is 6. The monoisotopic (exact) mass is 785 g/mol. The van der Waals surface area contributed by atoms with Gasteiger partial charge < -0.3 is 35.3 Å². The van der Waals surface area contributed by atoms with E-state index >= 15 is 0 Å². The maximum Gasteiger partial charge on any atom is 0.435 e. The standard InChI is InChI=1S/C31H37Cl6N5O6/c32-30(33,34)19-47-28(43)40-26(38)22-4-8-24(9-5-22)45-17-1-3-21-12-15-42(16-13-21)14-2-18-46-25-10-6-23(7-11-25)27(39)41-29(44)48-20-31(35,36)37/h4-11,21H,1-3,12-20H2,(H2,38,40,43)(H2,39,41,44). The van der Waals surface area contributed by atoms with Crippen molar-refractivity contribution in [2.75, 3.05) is 46.1 Å². The van der Waals surface area contributed by atoms with Crippen LogP contribution in [-0.4, -0.2) is 82.4 Å².